The van der Waals surface area contributed by atoms with Gasteiger partial charge in [0.25, 0.3) is 0 Å². The molecule has 82 valence electrons. The van der Waals surface area contributed by atoms with Gasteiger partial charge in [-0.3, -0.25) is 0 Å². The highest BCUT2D eigenvalue weighted by molar-refractivity contribution is 5.77. The van der Waals surface area contributed by atoms with Crippen LogP contribution in [0, 0.1) is 6.92 Å². The maximum atomic E-state index is 11.5. The third kappa shape index (κ3) is 1.82. The fourth-order valence-electron chi connectivity index (χ4n) is 1.54. The van der Waals surface area contributed by atoms with Crippen molar-refractivity contribution >= 4 is 6.09 Å². The van der Waals surface area contributed by atoms with Gasteiger partial charge in [-0.05, 0) is 13.0 Å². The van der Waals surface area contributed by atoms with E-state index in [1.54, 1.807) is 0 Å². The van der Waals surface area contributed by atoms with Crippen LogP contribution in [-0.4, -0.2) is 23.0 Å². The molecule has 1 aromatic heterocycles. The molecule has 16 heavy (non-hydrogen) atoms. The molecule has 1 heterocycles. The average molecular weight is 216 g/mol. The minimum atomic E-state index is -0.480. The second-order valence-electron chi connectivity index (χ2n) is 3.42. The van der Waals surface area contributed by atoms with Crippen molar-refractivity contribution in [2.75, 3.05) is 7.11 Å². The number of ether oxygens (including phenoxy) is 1. The minimum Gasteiger partial charge on any atom is -0.451 e. The molecule has 2 aromatic rings. The van der Waals surface area contributed by atoms with Crippen molar-refractivity contribution in [2.45, 2.75) is 6.92 Å². The van der Waals surface area contributed by atoms with Crippen LogP contribution in [-0.2, 0) is 4.74 Å². The molecule has 4 nitrogen and oxygen atoms in total. The summed E-state index contributed by atoms with van der Waals surface area (Å²) in [6.45, 7) is 1.84. The third-order valence-electron chi connectivity index (χ3n) is 2.25. The topological polar surface area (TPSA) is 44.1 Å². The number of nitrogens with zero attached hydrogens (tertiary/aromatic N) is 2. The Morgan fingerprint density at radius 3 is 2.62 bits per heavy atom. The number of hydrogen-bond donors (Lipinski definition) is 0. The summed E-state index contributed by atoms with van der Waals surface area (Å²) >= 11 is 0. The Morgan fingerprint density at radius 1 is 1.31 bits per heavy atom. The number of carbonyl (C=O) groups excluding carboxylic acids is 1. The zero-order chi connectivity index (χ0) is 11.5. The molecule has 4 heteroatoms. The first kappa shape index (κ1) is 10.4. The first-order chi connectivity index (χ1) is 7.72. The molecule has 0 spiro atoms. The van der Waals surface area contributed by atoms with Crippen molar-refractivity contribution < 1.29 is 9.53 Å². The molecule has 0 aliphatic heterocycles. The maximum absolute atomic E-state index is 11.5. The Labute approximate surface area is 93.5 Å². The number of carbonyl (C=O) groups is 1. The van der Waals surface area contributed by atoms with Crippen molar-refractivity contribution in [3.05, 3.63) is 42.1 Å². The quantitative estimate of drug-likeness (QED) is 0.735. The normalized spacial score (nSPS) is 10.1. The minimum absolute atomic E-state index is 0.480. The number of benzene rings is 1. The second-order valence-corrected chi connectivity index (χ2v) is 3.42. The van der Waals surface area contributed by atoms with Gasteiger partial charge in [-0.2, -0.15) is 9.78 Å². The van der Waals surface area contributed by atoms with Crippen LogP contribution in [0.2, 0.25) is 0 Å². The van der Waals surface area contributed by atoms with Gasteiger partial charge in [-0.15, -0.1) is 0 Å². The highest BCUT2D eigenvalue weighted by Crippen LogP contribution is 2.20. The average Bonchev–Trinajstić information content (AvgIpc) is 2.71. The van der Waals surface area contributed by atoms with Gasteiger partial charge in [-0.25, -0.2) is 4.79 Å². The zero-order valence-corrected chi connectivity index (χ0v) is 9.18. The highest BCUT2D eigenvalue weighted by Gasteiger charge is 2.13. The predicted molar refractivity (Wildman–Crippen MR) is 60.2 cm³/mol. The van der Waals surface area contributed by atoms with Crippen LogP contribution >= 0.6 is 0 Å². The van der Waals surface area contributed by atoms with Crippen LogP contribution in [0.3, 0.4) is 0 Å². The number of aryl methyl sites for hydroxylation is 1. The summed E-state index contributed by atoms with van der Waals surface area (Å²) in [4.78, 5) is 11.5. The first-order valence-corrected chi connectivity index (χ1v) is 4.93. The molecule has 0 amide bonds. The molecule has 0 bridgehead atoms. The molecule has 0 fully saturated rings. The number of rotatable bonds is 1. The lowest BCUT2D eigenvalue weighted by molar-refractivity contribution is 0.169. The number of aromatic nitrogens is 2. The molecular formula is C12H12N2O2. The highest BCUT2D eigenvalue weighted by atomic mass is 16.5. The van der Waals surface area contributed by atoms with E-state index in [-0.39, 0.29) is 0 Å². The van der Waals surface area contributed by atoms with Crippen LogP contribution in [0.25, 0.3) is 11.3 Å². The lowest BCUT2D eigenvalue weighted by Crippen LogP contribution is -2.14. The molecular weight excluding hydrogens is 204 g/mol. The van der Waals surface area contributed by atoms with E-state index in [1.807, 2.05) is 43.3 Å². The lowest BCUT2D eigenvalue weighted by atomic mass is 10.1. The van der Waals surface area contributed by atoms with Crippen LogP contribution in [0.15, 0.2) is 36.4 Å². The van der Waals surface area contributed by atoms with Crippen LogP contribution in [0.4, 0.5) is 4.79 Å². The Morgan fingerprint density at radius 2 is 2.00 bits per heavy atom. The fourth-order valence-corrected chi connectivity index (χ4v) is 1.54. The van der Waals surface area contributed by atoms with Crippen LogP contribution in [0.5, 0.6) is 0 Å². The van der Waals surface area contributed by atoms with Gasteiger partial charge in [-0.1, -0.05) is 30.3 Å². The van der Waals surface area contributed by atoms with E-state index in [0.717, 1.165) is 17.0 Å². The lowest BCUT2D eigenvalue weighted by Gasteiger charge is -2.03. The van der Waals surface area contributed by atoms with E-state index in [4.69, 9.17) is 0 Å². The van der Waals surface area contributed by atoms with Gasteiger partial charge in [0.15, 0.2) is 0 Å². The van der Waals surface area contributed by atoms with Crippen molar-refractivity contribution in [2.24, 2.45) is 0 Å². The van der Waals surface area contributed by atoms with E-state index in [9.17, 15) is 4.79 Å². The largest absolute Gasteiger partial charge is 0.451 e. The summed E-state index contributed by atoms with van der Waals surface area (Å²) < 4.78 is 5.94. The van der Waals surface area contributed by atoms with E-state index in [2.05, 4.69) is 9.84 Å². The summed E-state index contributed by atoms with van der Waals surface area (Å²) in [7, 11) is 1.34. The van der Waals surface area contributed by atoms with Gasteiger partial charge < -0.3 is 4.74 Å². The molecule has 0 N–H and O–H groups in total. The van der Waals surface area contributed by atoms with Crippen molar-refractivity contribution in [3.63, 3.8) is 0 Å². The van der Waals surface area contributed by atoms with Crippen LogP contribution in [0.1, 0.15) is 5.69 Å². The Hall–Kier alpha value is -2.10. The zero-order valence-electron chi connectivity index (χ0n) is 9.18. The summed E-state index contributed by atoms with van der Waals surface area (Å²) in [6.07, 6.45) is -0.480. The summed E-state index contributed by atoms with van der Waals surface area (Å²) in [5, 5.41) is 4.10. The third-order valence-corrected chi connectivity index (χ3v) is 2.25. The maximum Gasteiger partial charge on any atom is 0.434 e. The SMILES string of the molecule is COC(=O)n1nc(C)cc1-c1ccccc1. The van der Waals surface area contributed by atoms with E-state index in [1.165, 1.54) is 11.8 Å². The molecule has 0 radical (unpaired) electrons. The molecule has 0 atom stereocenters. The number of hydrogen-bond acceptors (Lipinski definition) is 3. The van der Waals surface area contributed by atoms with Gasteiger partial charge in [0.05, 0.1) is 18.5 Å². The predicted octanol–water partition coefficient (Wildman–Crippen LogP) is 2.47. The molecule has 0 saturated heterocycles. The monoisotopic (exact) mass is 216 g/mol. The van der Waals surface area contributed by atoms with Gasteiger partial charge >= 0.3 is 6.09 Å². The molecule has 0 aliphatic rings. The van der Waals surface area contributed by atoms with E-state index >= 15 is 0 Å². The Kier molecular flexibility index (Phi) is 2.72. The van der Waals surface area contributed by atoms with Crippen LogP contribution < -0.4 is 0 Å². The van der Waals surface area contributed by atoms with Crippen molar-refractivity contribution in [3.8, 4) is 11.3 Å². The number of methoxy groups -OCH3 is 1. The Bertz CT molecular complexity index is 503. The molecule has 0 unspecified atom stereocenters. The Balaban J connectivity index is 2.53. The summed E-state index contributed by atoms with van der Waals surface area (Å²) in [6, 6.07) is 11.5. The summed E-state index contributed by atoms with van der Waals surface area (Å²) in [5.41, 5.74) is 2.46. The van der Waals surface area contributed by atoms with E-state index in [0.29, 0.717) is 0 Å². The summed E-state index contributed by atoms with van der Waals surface area (Å²) in [5.74, 6) is 0. The standard InChI is InChI=1S/C12H12N2O2/c1-9-8-11(10-6-4-3-5-7-10)14(13-9)12(15)16-2/h3-8H,1-2H3. The van der Waals surface area contributed by atoms with Crippen molar-refractivity contribution in [1.29, 1.82) is 0 Å². The van der Waals surface area contributed by atoms with Crippen molar-refractivity contribution in [1.82, 2.24) is 9.78 Å². The fraction of sp³-hybridized carbons (Fsp3) is 0.167. The molecule has 0 aliphatic carbocycles. The smallest absolute Gasteiger partial charge is 0.434 e. The first-order valence-electron chi connectivity index (χ1n) is 4.93. The molecule has 0 saturated carbocycles. The van der Waals surface area contributed by atoms with Gasteiger partial charge in [0.2, 0.25) is 0 Å². The van der Waals surface area contributed by atoms with Gasteiger partial charge in [0.1, 0.15) is 0 Å². The molecule has 2 rings (SSSR count). The molecule has 1 aromatic carbocycles. The van der Waals surface area contributed by atoms with E-state index < -0.39 is 6.09 Å². The second kappa shape index (κ2) is 4.18. The van der Waals surface area contributed by atoms with Gasteiger partial charge in [0, 0.05) is 5.56 Å².